The Morgan fingerprint density at radius 1 is 0.722 bits per heavy atom. The van der Waals surface area contributed by atoms with Gasteiger partial charge in [-0.1, -0.05) is 62.4 Å². The number of hydrogen-bond acceptors (Lipinski definition) is 4. The van der Waals surface area contributed by atoms with Crippen molar-refractivity contribution in [3.63, 3.8) is 0 Å². The number of rotatable bonds is 4. The zero-order chi connectivity index (χ0) is 25.2. The van der Waals surface area contributed by atoms with Crippen molar-refractivity contribution < 1.29 is 9.59 Å². The molecule has 4 aromatic rings. The summed E-state index contributed by atoms with van der Waals surface area (Å²) in [6.45, 7) is 5.91. The molecule has 2 heterocycles. The molecule has 182 valence electrons. The average molecular weight is 481 g/mol. The van der Waals surface area contributed by atoms with Crippen LogP contribution in [0, 0.1) is 0 Å². The van der Waals surface area contributed by atoms with Gasteiger partial charge in [0.05, 0.1) is 11.1 Å². The highest BCUT2D eigenvalue weighted by molar-refractivity contribution is 6.05. The topological polar surface area (TPSA) is 75.5 Å². The molecule has 0 spiro atoms. The maximum Gasteiger partial charge on any atom is 0.279 e. The van der Waals surface area contributed by atoms with E-state index in [2.05, 4.69) is 18.9 Å². The van der Waals surface area contributed by atoms with E-state index in [9.17, 15) is 14.4 Å². The third kappa shape index (κ3) is 4.40. The van der Waals surface area contributed by atoms with Crippen LogP contribution in [0.1, 0.15) is 46.2 Å². The summed E-state index contributed by atoms with van der Waals surface area (Å²) in [5.41, 5.74) is 2.41. The lowest BCUT2D eigenvalue weighted by Gasteiger charge is -2.34. The quantitative estimate of drug-likeness (QED) is 0.441. The lowest BCUT2D eigenvalue weighted by Crippen LogP contribution is -2.51. The van der Waals surface area contributed by atoms with E-state index in [4.69, 9.17) is 0 Å². The molecule has 3 aromatic carbocycles. The van der Waals surface area contributed by atoms with Crippen molar-refractivity contribution in [1.29, 1.82) is 0 Å². The molecule has 0 bridgehead atoms. The first-order chi connectivity index (χ1) is 17.4. The summed E-state index contributed by atoms with van der Waals surface area (Å²) in [6, 6.07) is 23.9. The predicted molar refractivity (Wildman–Crippen MR) is 140 cm³/mol. The van der Waals surface area contributed by atoms with Gasteiger partial charge >= 0.3 is 0 Å². The van der Waals surface area contributed by atoms with E-state index >= 15 is 0 Å². The molecule has 7 nitrogen and oxygen atoms in total. The molecule has 5 rings (SSSR count). The largest absolute Gasteiger partial charge is 0.335 e. The molecule has 1 saturated heterocycles. The smallest absolute Gasteiger partial charge is 0.279 e. The van der Waals surface area contributed by atoms with Crippen LogP contribution in [0.15, 0.2) is 83.7 Å². The van der Waals surface area contributed by atoms with E-state index < -0.39 is 0 Å². The van der Waals surface area contributed by atoms with Crippen LogP contribution in [0.25, 0.3) is 16.5 Å². The monoisotopic (exact) mass is 480 g/mol. The normalized spacial score (nSPS) is 13.9. The number of aromatic nitrogens is 2. The second-order valence-electron chi connectivity index (χ2n) is 9.31. The Morgan fingerprint density at radius 3 is 1.89 bits per heavy atom. The Balaban J connectivity index is 1.38. The van der Waals surface area contributed by atoms with E-state index in [0.717, 1.165) is 0 Å². The van der Waals surface area contributed by atoms with E-state index in [0.29, 0.717) is 54.1 Å². The zero-order valence-electron chi connectivity index (χ0n) is 20.4. The molecule has 1 aliphatic rings. The molecule has 36 heavy (non-hydrogen) atoms. The summed E-state index contributed by atoms with van der Waals surface area (Å²) in [4.78, 5) is 43.2. The van der Waals surface area contributed by atoms with E-state index in [1.807, 2.05) is 42.5 Å². The Hall–Kier alpha value is -4.26. The Bertz CT molecular complexity index is 1470. The molecule has 0 atom stereocenters. The molecule has 0 saturated carbocycles. The van der Waals surface area contributed by atoms with Crippen molar-refractivity contribution >= 4 is 22.6 Å². The van der Waals surface area contributed by atoms with Gasteiger partial charge in [-0.3, -0.25) is 14.4 Å². The van der Waals surface area contributed by atoms with Crippen LogP contribution in [0.5, 0.6) is 0 Å². The number of amides is 2. The number of carbonyl (C=O) groups is 2. The third-order valence-electron chi connectivity index (χ3n) is 6.69. The van der Waals surface area contributed by atoms with Gasteiger partial charge in [-0.25, -0.2) is 0 Å². The summed E-state index contributed by atoms with van der Waals surface area (Å²) in [7, 11) is 0. The van der Waals surface area contributed by atoms with Gasteiger partial charge in [-0.2, -0.15) is 9.78 Å². The van der Waals surface area contributed by atoms with Gasteiger partial charge in [0, 0.05) is 37.1 Å². The second kappa shape index (κ2) is 9.77. The number of benzene rings is 3. The van der Waals surface area contributed by atoms with Gasteiger partial charge in [0.1, 0.15) is 0 Å². The predicted octanol–water partition coefficient (Wildman–Crippen LogP) is 4.11. The summed E-state index contributed by atoms with van der Waals surface area (Å²) < 4.78 is 1.29. The van der Waals surface area contributed by atoms with Crippen LogP contribution in [0.3, 0.4) is 0 Å². The Morgan fingerprint density at radius 2 is 1.28 bits per heavy atom. The molecule has 1 aromatic heterocycles. The van der Waals surface area contributed by atoms with Crippen LogP contribution >= 0.6 is 0 Å². The highest BCUT2D eigenvalue weighted by Gasteiger charge is 2.28. The first-order valence-electron chi connectivity index (χ1n) is 12.2. The lowest BCUT2D eigenvalue weighted by atomic mass is 10.0. The van der Waals surface area contributed by atoms with Crippen LogP contribution in [-0.4, -0.2) is 57.6 Å². The minimum Gasteiger partial charge on any atom is -0.335 e. The van der Waals surface area contributed by atoms with Crippen molar-refractivity contribution in [2.75, 3.05) is 26.2 Å². The fraction of sp³-hybridized carbons (Fsp3) is 0.241. The SMILES string of the molecule is CC(C)c1ccc(C(=O)N2CCN(C(=O)c3nn(-c4ccccc4)c(=O)c4ccccc34)CC2)cc1. The maximum atomic E-state index is 13.6. The molecule has 7 heteroatoms. The van der Waals surface area contributed by atoms with Crippen LogP contribution < -0.4 is 5.56 Å². The second-order valence-corrected chi connectivity index (χ2v) is 9.31. The molecule has 0 radical (unpaired) electrons. The molecule has 2 amide bonds. The molecule has 0 unspecified atom stereocenters. The van der Waals surface area contributed by atoms with E-state index in [1.54, 1.807) is 46.2 Å². The van der Waals surface area contributed by atoms with Crippen LogP contribution in [0.2, 0.25) is 0 Å². The third-order valence-corrected chi connectivity index (χ3v) is 6.69. The number of para-hydroxylation sites is 1. The van der Waals surface area contributed by atoms with Crippen LogP contribution in [0.4, 0.5) is 0 Å². The summed E-state index contributed by atoms with van der Waals surface area (Å²) in [5, 5.41) is 5.48. The fourth-order valence-corrected chi connectivity index (χ4v) is 4.55. The first-order valence-corrected chi connectivity index (χ1v) is 12.2. The van der Waals surface area contributed by atoms with Gasteiger partial charge in [0.25, 0.3) is 17.4 Å². The molecule has 1 aliphatic heterocycles. The number of fused-ring (bicyclic) bond motifs is 1. The van der Waals surface area contributed by atoms with Crippen molar-refractivity contribution in [2.24, 2.45) is 0 Å². The van der Waals surface area contributed by atoms with Gasteiger partial charge in [0.15, 0.2) is 5.69 Å². The van der Waals surface area contributed by atoms with Crippen molar-refractivity contribution in [1.82, 2.24) is 19.6 Å². The lowest BCUT2D eigenvalue weighted by molar-refractivity contribution is 0.0532. The zero-order valence-corrected chi connectivity index (χ0v) is 20.4. The number of nitrogens with zero attached hydrogens (tertiary/aromatic N) is 4. The molecule has 0 N–H and O–H groups in total. The number of carbonyl (C=O) groups excluding carboxylic acids is 2. The van der Waals surface area contributed by atoms with E-state index in [1.165, 1.54) is 10.2 Å². The minimum atomic E-state index is -0.271. The highest BCUT2D eigenvalue weighted by atomic mass is 16.2. The van der Waals surface area contributed by atoms with Crippen molar-refractivity contribution in [3.05, 3.63) is 106 Å². The minimum absolute atomic E-state index is 0.0291. The summed E-state index contributed by atoms with van der Waals surface area (Å²) >= 11 is 0. The van der Waals surface area contributed by atoms with Gasteiger partial charge in [-0.05, 0) is 41.8 Å². The average Bonchev–Trinajstić information content (AvgIpc) is 2.93. The number of hydrogen-bond donors (Lipinski definition) is 0. The molecular weight excluding hydrogens is 452 g/mol. The first kappa shape index (κ1) is 23.5. The fourth-order valence-electron chi connectivity index (χ4n) is 4.55. The maximum absolute atomic E-state index is 13.6. The van der Waals surface area contributed by atoms with Crippen molar-refractivity contribution in [2.45, 2.75) is 19.8 Å². The standard InChI is InChI=1S/C29H28N4O3/c1-20(2)21-12-14-22(15-13-21)27(34)31-16-18-32(19-17-31)29(36)26-24-10-6-7-11-25(24)28(35)33(30-26)23-8-4-3-5-9-23/h3-15,20H,16-19H2,1-2H3. The highest BCUT2D eigenvalue weighted by Crippen LogP contribution is 2.19. The Kier molecular flexibility index (Phi) is 6.38. The molecule has 0 aliphatic carbocycles. The van der Waals surface area contributed by atoms with Gasteiger partial charge in [0.2, 0.25) is 0 Å². The van der Waals surface area contributed by atoms with Gasteiger partial charge < -0.3 is 9.80 Å². The number of piperazine rings is 1. The summed E-state index contributed by atoms with van der Waals surface area (Å²) in [6.07, 6.45) is 0. The van der Waals surface area contributed by atoms with Crippen molar-refractivity contribution in [3.8, 4) is 5.69 Å². The molecular formula is C29H28N4O3. The summed E-state index contributed by atoms with van der Waals surface area (Å²) in [5.74, 6) is 0.132. The molecule has 1 fully saturated rings. The van der Waals surface area contributed by atoms with Crippen LogP contribution in [-0.2, 0) is 0 Å². The van der Waals surface area contributed by atoms with E-state index in [-0.39, 0.29) is 23.1 Å². The van der Waals surface area contributed by atoms with Gasteiger partial charge in [-0.15, -0.1) is 0 Å². The Labute approximate surface area is 209 Å².